The predicted molar refractivity (Wildman–Crippen MR) is 104 cm³/mol. The number of carbonyl (C=O) groups is 2. The van der Waals surface area contributed by atoms with Crippen molar-refractivity contribution in [3.8, 4) is 11.1 Å². The highest BCUT2D eigenvalue weighted by Gasteiger charge is 2.15. The maximum Gasteiger partial charge on any atom is 0.338 e. The van der Waals surface area contributed by atoms with Crippen LogP contribution in [0.5, 0.6) is 0 Å². The molecule has 3 aromatic rings. The topological polar surface area (TPSA) is 98.5 Å². The molecule has 0 aromatic heterocycles. The van der Waals surface area contributed by atoms with Crippen molar-refractivity contribution in [1.29, 1.82) is 0 Å². The Balaban J connectivity index is 1.65. The molecular formula is C21H16N2O5. The zero-order chi connectivity index (χ0) is 19.9. The Hall–Kier alpha value is -4.00. The maximum atomic E-state index is 12.2. The first-order valence-electron chi connectivity index (χ1n) is 8.40. The summed E-state index contributed by atoms with van der Waals surface area (Å²) in [7, 11) is 0. The second-order valence-electron chi connectivity index (χ2n) is 5.84. The van der Waals surface area contributed by atoms with Crippen LogP contribution in [0.15, 0.2) is 78.9 Å². The average Bonchev–Trinajstić information content (AvgIpc) is 2.73. The quantitative estimate of drug-likeness (QED) is 0.397. The van der Waals surface area contributed by atoms with Crippen LogP contribution in [0, 0.1) is 10.1 Å². The van der Waals surface area contributed by atoms with Crippen LogP contribution in [0.1, 0.15) is 10.4 Å². The highest BCUT2D eigenvalue weighted by molar-refractivity contribution is 5.98. The van der Waals surface area contributed by atoms with Gasteiger partial charge in [-0.2, -0.15) is 0 Å². The second kappa shape index (κ2) is 8.59. The molecule has 7 nitrogen and oxygen atoms in total. The molecule has 1 amide bonds. The van der Waals surface area contributed by atoms with E-state index in [1.54, 1.807) is 12.1 Å². The van der Waals surface area contributed by atoms with Crippen LogP contribution < -0.4 is 5.32 Å². The molecule has 7 heteroatoms. The first kappa shape index (κ1) is 18.8. The van der Waals surface area contributed by atoms with E-state index in [-0.39, 0.29) is 11.3 Å². The van der Waals surface area contributed by atoms with Gasteiger partial charge in [0.25, 0.3) is 11.6 Å². The number of benzene rings is 3. The first-order valence-corrected chi connectivity index (χ1v) is 8.40. The smallest absolute Gasteiger partial charge is 0.338 e. The summed E-state index contributed by atoms with van der Waals surface area (Å²) in [4.78, 5) is 34.4. The summed E-state index contributed by atoms with van der Waals surface area (Å²) < 4.78 is 4.97. The van der Waals surface area contributed by atoms with Gasteiger partial charge in [0.1, 0.15) is 0 Å². The predicted octanol–water partition coefficient (Wildman–Crippen LogP) is 4.06. The Labute approximate surface area is 160 Å². The number of anilines is 1. The summed E-state index contributed by atoms with van der Waals surface area (Å²) in [5, 5.41) is 13.5. The number of hydrogen-bond donors (Lipinski definition) is 1. The van der Waals surface area contributed by atoms with Crippen molar-refractivity contribution in [2.24, 2.45) is 0 Å². The molecule has 0 bridgehead atoms. The zero-order valence-electron chi connectivity index (χ0n) is 14.7. The molecule has 0 heterocycles. The van der Waals surface area contributed by atoms with Gasteiger partial charge in [-0.15, -0.1) is 0 Å². The molecule has 28 heavy (non-hydrogen) atoms. The van der Waals surface area contributed by atoms with Crippen molar-refractivity contribution < 1.29 is 19.2 Å². The average molecular weight is 376 g/mol. The number of nitrogens with zero attached hydrogens (tertiary/aromatic N) is 1. The summed E-state index contributed by atoms with van der Waals surface area (Å²) in [6, 6.07) is 22.0. The van der Waals surface area contributed by atoms with E-state index in [0.29, 0.717) is 5.69 Å². The number of carbonyl (C=O) groups excluding carboxylic acids is 2. The van der Waals surface area contributed by atoms with Gasteiger partial charge in [-0.05, 0) is 17.7 Å². The maximum absolute atomic E-state index is 12.2. The van der Waals surface area contributed by atoms with Gasteiger partial charge in [-0.1, -0.05) is 54.6 Å². The van der Waals surface area contributed by atoms with Gasteiger partial charge in [-0.25, -0.2) is 4.79 Å². The minimum absolute atomic E-state index is 0.00619. The molecule has 0 atom stereocenters. The fourth-order valence-electron chi connectivity index (χ4n) is 2.61. The highest BCUT2D eigenvalue weighted by Crippen LogP contribution is 2.27. The lowest BCUT2D eigenvalue weighted by Crippen LogP contribution is -2.21. The minimum Gasteiger partial charge on any atom is -0.452 e. The first-order chi connectivity index (χ1) is 13.5. The van der Waals surface area contributed by atoms with Crippen LogP contribution in [0.25, 0.3) is 11.1 Å². The number of para-hydroxylation sites is 1. The van der Waals surface area contributed by atoms with E-state index in [9.17, 15) is 19.7 Å². The molecule has 0 aliphatic rings. The van der Waals surface area contributed by atoms with Gasteiger partial charge in [0.15, 0.2) is 6.61 Å². The SMILES string of the molecule is O=C(COC(=O)c1cccc([N+](=O)[O-])c1)Nc1ccccc1-c1ccccc1. The van der Waals surface area contributed by atoms with Crippen LogP contribution in [-0.4, -0.2) is 23.4 Å². The number of ether oxygens (including phenoxy) is 1. The van der Waals surface area contributed by atoms with E-state index >= 15 is 0 Å². The number of nitrogens with one attached hydrogen (secondary N) is 1. The van der Waals surface area contributed by atoms with E-state index in [1.165, 1.54) is 18.2 Å². The fourth-order valence-corrected chi connectivity index (χ4v) is 2.61. The van der Waals surface area contributed by atoms with Gasteiger partial charge in [-0.3, -0.25) is 14.9 Å². The number of hydrogen-bond acceptors (Lipinski definition) is 5. The molecule has 1 N–H and O–H groups in total. The molecule has 0 unspecified atom stereocenters. The molecule has 0 aliphatic carbocycles. The van der Waals surface area contributed by atoms with Crippen molar-refractivity contribution >= 4 is 23.3 Å². The van der Waals surface area contributed by atoms with Crippen molar-refractivity contribution in [2.45, 2.75) is 0 Å². The number of esters is 1. The molecule has 0 spiro atoms. The van der Waals surface area contributed by atoms with E-state index in [1.807, 2.05) is 42.5 Å². The molecular weight excluding hydrogens is 360 g/mol. The Morgan fingerprint density at radius 1 is 0.929 bits per heavy atom. The van der Waals surface area contributed by atoms with Crippen LogP contribution in [0.2, 0.25) is 0 Å². The van der Waals surface area contributed by atoms with Gasteiger partial charge >= 0.3 is 5.97 Å². The van der Waals surface area contributed by atoms with Crippen molar-refractivity contribution in [2.75, 3.05) is 11.9 Å². The lowest BCUT2D eigenvalue weighted by Gasteiger charge is -2.11. The largest absolute Gasteiger partial charge is 0.452 e. The molecule has 3 rings (SSSR count). The standard InChI is InChI=1S/C21H16N2O5/c24-20(14-28-21(25)16-9-6-10-17(13-16)23(26)27)22-19-12-5-4-11-18(19)15-7-2-1-3-8-15/h1-13H,14H2,(H,22,24). The number of nitro benzene ring substituents is 1. The second-order valence-corrected chi connectivity index (χ2v) is 5.84. The summed E-state index contributed by atoms with van der Waals surface area (Å²) in [6.45, 7) is -0.509. The van der Waals surface area contributed by atoms with Crippen molar-refractivity contribution in [3.05, 3.63) is 94.5 Å². The lowest BCUT2D eigenvalue weighted by molar-refractivity contribution is -0.384. The molecule has 0 radical (unpaired) electrons. The lowest BCUT2D eigenvalue weighted by atomic mass is 10.0. The molecule has 0 aliphatic heterocycles. The van der Waals surface area contributed by atoms with E-state index in [4.69, 9.17) is 4.74 Å². The number of rotatable bonds is 6. The molecule has 3 aromatic carbocycles. The normalized spacial score (nSPS) is 10.1. The Bertz CT molecular complexity index is 1020. The molecule has 0 fully saturated rings. The highest BCUT2D eigenvalue weighted by atomic mass is 16.6. The minimum atomic E-state index is -0.810. The number of non-ortho nitro benzene ring substituents is 1. The van der Waals surface area contributed by atoms with E-state index in [2.05, 4.69) is 5.32 Å². The zero-order valence-corrected chi connectivity index (χ0v) is 14.7. The van der Waals surface area contributed by atoms with Crippen LogP contribution >= 0.6 is 0 Å². The van der Waals surface area contributed by atoms with E-state index < -0.39 is 23.4 Å². The van der Waals surface area contributed by atoms with Crippen LogP contribution in [-0.2, 0) is 9.53 Å². The van der Waals surface area contributed by atoms with Gasteiger partial charge in [0, 0.05) is 23.4 Å². The third-order valence-corrected chi connectivity index (χ3v) is 3.91. The Morgan fingerprint density at radius 2 is 1.64 bits per heavy atom. The molecule has 0 saturated heterocycles. The third-order valence-electron chi connectivity index (χ3n) is 3.91. The van der Waals surface area contributed by atoms with Crippen LogP contribution in [0.4, 0.5) is 11.4 Å². The summed E-state index contributed by atoms with van der Waals surface area (Å²) in [6.07, 6.45) is 0. The monoisotopic (exact) mass is 376 g/mol. The van der Waals surface area contributed by atoms with Crippen molar-refractivity contribution in [1.82, 2.24) is 0 Å². The summed E-state index contributed by atoms with van der Waals surface area (Å²) in [5.74, 6) is -1.32. The number of amides is 1. The fraction of sp³-hybridized carbons (Fsp3) is 0.0476. The number of nitro groups is 1. The third kappa shape index (κ3) is 4.59. The van der Waals surface area contributed by atoms with Gasteiger partial charge in [0.05, 0.1) is 10.5 Å². The molecule has 140 valence electrons. The summed E-state index contributed by atoms with van der Waals surface area (Å²) in [5.41, 5.74) is 2.14. The van der Waals surface area contributed by atoms with Crippen molar-refractivity contribution in [3.63, 3.8) is 0 Å². The van der Waals surface area contributed by atoms with Gasteiger partial charge < -0.3 is 10.1 Å². The molecule has 0 saturated carbocycles. The Kier molecular flexibility index (Phi) is 5.76. The van der Waals surface area contributed by atoms with E-state index in [0.717, 1.165) is 17.2 Å². The Morgan fingerprint density at radius 3 is 2.39 bits per heavy atom. The summed E-state index contributed by atoms with van der Waals surface area (Å²) >= 11 is 0. The van der Waals surface area contributed by atoms with Crippen LogP contribution in [0.3, 0.4) is 0 Å². The van der Waals surface area contributed by atoms with Gasteiger partial charge in [0.2, 0.25) is 0 Å².